The van der Waals surface area contributed by atoms with Crippen LogP contribution >= 0.6 is 0 Å². The number of hydrogen-bond donors (Lipinski definition) is 0. The Morgan fingerprint density at radius 2 is 1.13 bits per heavy atom. The molecule has 0 spiro atoms. The van der Waals surface area contributed by atoms with Crippen LogP contribution in [0.15, 0.2) is 92.0 Å². The van der Waals surface area contributed by atoms with Crippen molar-refractivity contribution in [2.75, 3.05) is 0 Å². The van der Waals surface area contributed by atoms with Gasteiger partial charge in [0.1, 0.15) is 0 Å². The molecule has 1 heteroatoms. The van der Waals surface area contributed by atoms with Gasteiger partial charge in [-0.25, -0.2) is 0 Å². The molecule has 3 aromatic carbocycles. The zero-order valence-electron chi connectivity index (χ0n) is 19.4. The van der Waals surface area contributed by atoms with Gasteiger partial charge in [-0.3, -0.25) is 4.79 Å². The summed E-state index contributed by atoms with van der Waals surface area (Å²) in [4.78, 5) is 10.8. The molecule has 3 rings (SSSR count). The van der Waals surface area contributed by atoms with Crippen molar-refractivity contribution >= 4 is 5.78 Å². The van der Waals surface area contributed by atoms with E-state index < -0.39 is 0 Å². The first kappa shape index (κ1) is 27.1. The molecule has 0 atom stereocenters. The number of aryl methyl sites for hydroxylation is 4. The van der Waals surface area contributed by atoms with E-state index in [4.69, 9.17) is 0 Å². The van der Waals surface area contributed by atoms with Gasteiger partial charge < -0.3 is 0 Å². The molecular weight excluding hydrogens is 364 g/mol. The lowest BCUT2D eigenvalue weighted by molar-refractivity contribution is 0.101. The monoisotopic (exact) mass is 402 g/mol. The second-order valence-electron chi connectivity index (χ2n) is 7.17. The lowest BCUT2D eigenvalue weighted by Gasteiger charge is -1.99. The maximum atomic E-state index is 10.8. The number of Topliss-reactive ketones (excluding diaryl/α,β-unsaturated/α-hetero) is 1. The van der Waals surface area contributed by atoms with Gasteiger partial charge in [-0.15, -0.1) is 13.2 Å². The topological polar surface area (TPSA) is 17.1 Å². The SMILES string of the molecule is C=C.CC(=O)c1ccc(C)cc1.CCCCc1ccc(C)cc1.Cc1ccccc1. The van der Waals surface area contributed by atoms with Gasteiger partial charge in [-0.2, -0.15) is 0 Å². The summed E-state index contributed by atoms with van der Waals surface area (Å²) >= 11 is 0. The van der Waals surface area contributed by atoms with Crippen LogP contribution in [0.2, 0.25) is 0 Å². The first-order valence-corrected chi connectivity index (χ1v) is 10.6. The van der Waals surface area contributed by atoms with Gasteiger partial charge in [0.25, 0.3) is 0 Å². The summed E-state index contributed by atoms with van der Waals surface area (Å²) in [6.45, 7) is 16.0. The Morgan fingerprint density at radius 3 is 1.50 bits per heavy atom. The minimum atomic E-state index is 0.125. The van der Waals surface area contributed by atoms with Crippen molar-refractivity contribution in [2.24, 2.45) is 0 Å². The number of carbonyl (C=O) groups is 1. The summed E-state index contributed by atoms with van der Waals surface area (Å²) in [5, 5.41) is 0. The summed E-state index contributed by atoms with van der Waals surface area (Å²) in [6.07, 6.45) is 3.83. The summed E-state index contributed by atoms with van der Waals surface area (Å²) < 4.78 is 0. The van der Waals surface area contributed by atoms with Crippen LogP contribution in [0.1, 0.15) is 59.3 Å². The third-order valence-corrected chi connectivity index (χ3v) is 4.34. The quantitative estimate of drug-likeness (QED) is 0.316. The first-order chi connectivity index (χ1) is 14.4. The lowest BCUT2D eigenvalue weighted by atomic mass is 10.1. The molecular formula is C29H38O. The summed E-state index contributed by atoms with van der Waals surface area (Å²) in [7, 11) is 0. The van der Waals surface area contributed by atoms with Crippen LogP contribution in [-0.4, -0.2) is 5.78 Å². The van der Waals surface area contributed by atoms with Gasteiger partial charge >= 0.3 is 0 Å². The van der Waals surface area contributed by atoms with Crippen LogP contribution in [0.4, 0.5) is 0 Å². The Labute approximate surface area is 184 Å². The fraction of sp³-hybridized carbons (Fsp3) is 0.276. The van der Waals surface area contributed by atoms with Crippen molar-refractivity contribution in [2.45, 2.75) is 53.9 Å². The number of unbranched alkanes of at least 4 members (excludes halogenated alkanes) is 1. The second kappa shape index (κ2) is 17.0. The Morgan fingerprint density at radius 1 is 0.700 bits per heavy atom. The largest absolute Gasteiger partial charge is 0.295 e. The number of ketones is 1. The standard InChI is InChI=1S/C11H16.C9H10O.C7H8.C2H4/c1-3-4-5-11-8-6-10(2)7-9-11;1-7-3-5-9(6-4-7)8(2)10;1-7-5-3-2-4-6-7;1-2/h6-9H,3-5H2,1-2H3;3-6H,1-2H3;2-6H,1H3;1-2H2. The van der Waals surface area contributed by atoms with Crippen molar-refractivity contribution in [3.8, 4) is 0 Å². The molecule has 0 unspecified atom stereocenters. The lowest BCUT2D eigenvalue weighted by Crippen LogP contribution is -1.90. The number of hydrogen-bond acceptors (Lipinski definition) is 1. The van der Waals surface area contributed by atoms with Gasteiger partial charge in [-0.05, 0) is 46.1 Å². The van der Waals surface area contributed by atoms with Crippen molar-refractivity contribution in [1.82, 2.24) is 0 Å². The number of benzene rings is 3. The van der Waals surface area contributed by atoms with E-state index in [1.807, 2.05) is 49.4 Å². The summed E-state index contributed by atoms with van der Waals surface area (Å²) in [6, 6.07) is 26.7. The normalized spacial score (nSPS) is 8.97. The number of rotatable bonds is 4. The fourth-order valence-corrected chi connectivity index (χ4v) is 2.46. The van der Waals surface area contributed by atoms with E-state index in [2.05, 4.69) is 70.3 Å². The van der Waals surface area contributed by atoms with Crippen molar-refractivity contribution in [3.05, 3.63) is 120 Å². The van der Waals surface area contributed by atoms with E-state index in [9.17, 15) is 4.79 Å². The molecule has 30 heavy (non-hydrogen) atoms. The molecule has 0 bridgehead atoms. The predicted octanol–water partition coefficient (Wildman–Crippen LogP) is 8.33. The van der Waals surface area contributed by atoms with Crippen LogP contribution < -0.4 is 0 Å². The molecule has 0 aliphatic carbocycles. The molecule has 0 saturated carbocycles. The van der Waals surface area contributed by atoms with E-state index in [0.717, 1.165) is 5.56 Å². The molecule has 160 valence electrons. The van der Waals surface area contributed by atoms with E-state index in [1.54, 1.807) is 6.92 Å². The molecule has 0 fully saturated rings. The van der Waals surface area contributed by atoms with Gasteiger partial charge in [0.05, 0.1) is 0 Å². The highest BCUT2D eigenvalue weighted by atomic mass is 16.1. The second-order valence-corrected chi connectivity index (χ2v) is 7.17. The number of carbonyl (C=O) groups excluding carboxylic acids is 1. The Bertz CT molecular complexity index is 799. The zero-order valence-corrected chi connectivity index (χ0v) is 19.4. The van der Waals surface area contributed by atoms with Crippen LogP contribution in [0, 0.1) is 20.8 Å². The molecule has 0 aromatic heterocycles. The molecule has 1 nitrogen and oxygen atoms in total. The van der Waals surface area contributed by atoms with E-state index in [1.165, 1.54) is 41.5 Å². The van der Waals surface area contributed by atoms with Crippen LogP contribution in [-0.2, 0) is 6.42 Å². The minimum Gasteiger partial charge on any atom is -0.295 e. The van der Waals surface area contributed by atoms with Crippen molar-refractivity contribution < 1.29 is 4.79 Å². The average Bonchev–Trinajstić information content (AvgIpc) is 2.76. The Kier molecular flexibility index (Phi) is 15.3. The molecule has 0 aliphatic rings. The Hall–Kier alpha value is -2.93. The van der Waals surface area contributed by atoms with Crippen molar-refractivity contribution in [1.29, 1.82) is 0 Å². The van der Waals surface area contributed by atoms with Crippen LogP contribution in [0.3, 0.4) is 0 Å². The van der Waals surface area contributed by atoms with E-state index >= 15 is 0 Å². The third kappa shape index (κ3) is 13.3. The highest BCUT2D eigenvalue weighted by Gasteiger charge is 1.95. The molecule has 0 saturated heterocycles. The van der Waals surface area contributed by atoms with Crippen molar-refractivity contribution in [3.63, 3.8) is 0 Å². The maximum absolute atomic E-state index is 10.8. The van der Waals surface area contributed by atoms with E-state index in [-0.39, 0.29) is 5.78 Å². The van der Waals surface area contributed by atoms with Gasteiger partial charge in [-0.1, -0.05) is 109 Å². The molecule has 0 amide bonds. The average molecular weight is 403 g/mol. The molecule has 0 heterocycles. The highest BCUT2D eigenvalue weighted by Crippen LogP contribution is 2.06. The minimum absolute atomic E-state index is 0.125. The highest BCUT2D eigenvalue weighted by molar-refractivity contribution is 5.93. The third-order valence-electron chi connectivity index (χ3n) is 4.34. The van der Waals surface area contributed by atoms with E-state index in [0.29, 0.717) is 0 Å². The summed E-state index contributed by atoms with van der Waals surface area (Å²) in [5.74, 6) is 0.125. The predicted molar refractivity (Wildman–Crippen MR) is 133 cm³/mol. The Balaban J connectivity index is 0.000000412. The first-order valence-electron chi connectivity index (χ1n) is 10.6. The smallest absolute Gasteiger partial charge is 0.159 e. The molecule has 3 aromatic rings. The molecule has 0 N–H and O–H groups in total. The maximum Gasteiger partial charge on any atom is 0.159 e. The summed E-state index contributed by atoms with van der Waals surface area (Å²) in [5.41, 5.74) is 6.11. The molecule has 0 aliphatic heterocycles. The zero-order chi connectivity index (χ0) is 22.8. The van der Waals surface area contributed by atoms with Crippen LogP contribution in [0.5, 0.6) is 0 Å². The van der Waals surface area contributed by atoms with Gasteiger partial charge in [0, 0.05) is 5.56 Å². The fourth-order valence-electron chi connectivity index (χ4n) is 2.46. The van der Waals surface area contributed by atoms with Gasteiger partial charge in [0.2, 0.25) is 0 Å². The van der Waals surface area contributed by atoms with Gasteiger partial charge in [0.15, 0.2) is 5.78 Å². The molecule has 0 radical (unpaired) electrons. The van der Waals surface area contributed by atoms with Crippen LogP contribution in [0.25, 0.3) is 0 Å².